The van der Waals surface area contributed by atoms with Crippen LogP contribution in [-0.2, 0) is 13.4 Å². The van der Waals surface area contributed by atoms with Gasteiger partial charge in [0.1, 0.15) is 19.6 Å². The summed E-state index contributed by atoms with van der Waals surface area (Å²) in [4.78, 5) is 3.54. The normalized spacial score (nSPS) is 15.6. The fourth-order valence-electron chi connectivity index (χ4n) is 3.69. The van der Waals surface area contributed by atoms with E-state index >= 15 is 0 Å². The minimum atomic E-state index is -2.40. The summed E-state index contributed by atoms with van der Waals surface area (Å²) in [5.74, 6) is -0.322. The third-order valence-corrected chi connectivity index (χ3v) is 4.82. The van der Waals surface area contributed by atoms with Crippen LogP contribution in [0.25, 0.3) is 38.0 Å². The first-order valence-electron chi connectivity index (χ1n) is 12.2. The van der Waals surface area contributed by atoms with Crippen molar-refractivity contribution in [2.45, 2.75) is 34.0 Å². The molecule has 0 aliphatic heterocycles. The second-order valence-corrected chi connectivity index (χ2v) is 7.29. The standard InChI is InChI=1S/C25H25N2O/c1-15(2)12-18-10-11-21(27(6)14-18)23-17(4)13-16(3)22-19-8-7-9-20(26-5)24(19)28-25(22)23/h7-11,13-15H,12H2,1-4,6H3/q+1/i3D3,12D2,14D. The number of aryl methyl sites for hydroxylation is 2. The van der Waals surface area contributed by atoms with E-state index in [4.69, 9.17) is 19.2 Å². The summed E-state index contributed by atoms with van der Waals surface area (Å²) in [7, 11) is 1.69. The second kappa shape index (κ2) is 6.80. The van der Waals surface area contributed by atoms with Crippen molar-refractivity contribution in [3.8, 4) is 11.3 Å². The van der Waals surface area contributed by atoms with Crippen LogP contribution in [-0.4, -0.2) is 0 Å². The van der Waals surface area contributed by atoms with E-state index in [2.05, 4.69) is 4.85 Å². The Kier molecular flexibility index (Phi) is 3.00. The topological polar surface area (TPSA) is 21.4 Å². The van der Waals surface area contributed by atoms with Crippen LogP contribution in [0.2, 0.25) is 0 Å². The third-order valence-electron chi connectivity index (χ3n) is 4.82. The molecule has 3 heteroatoms. The number of hydrogen-bond donors (Lipinski definition) is 0. The van der Waals surface area contributed by atoms with Gasteiger partial charge in [-0.25, -0.2) is 9.41 Å². The zero-order valence-corrected chi connectivity index (χ0v) is 16.3. The Morgan fingerprint density at radius 1 is 1.25 bits per heavy atom. The van der Waals surface area contributed by atoms with Crippen molar-refractivity contribution in [2.75, 3.05) is 0 Å². The van der Waals surface area contributed by atoms with Crippen LogP contribution in [0.15, 0.2) is 47.0 Å². The molecule has 4 aromatic rings. The van der Waals surface area contributed by atoms with E-state index in [9.17, 15) is 0 Å². The van der Waals surface area contributed by atoms with Crippen molar-refractivity contribution in [3.05, 3.63) is 70.7 Å². The minimum Gasteiger partial charge on any atom is -0.466 e. The van der Waals surface area contributed by atoms with Crippen LogP contribution in [0.5, 0.6) is 0 Å². The zero-order valence-electron chi connectivity index (χ0n) is 22.3. The average molecular weight is 376 g/mol. The molecule has 0 aliphatic carbocycles. The van der Waals surface area contributed by atoms with E-state index in [0.717, 1.165) is 0 Å². The summed E-state index contributed by atoms with van der Waals surface area (Å²) in [5.41, 5.74) is 3.24. The molecule has 0 saturated heterocycles. The largest absolute Gasteiger partial charge is 0.466 e. The predicted molar refractivity (Wildman–Crippen MR) is 115 cm³/mol. The summed E-state index contributed by atoms with van der Waals surface area (Å²) >= 11 is 0. The number of para-hydroxylation sites is 1. The number of benzene rings is 2. The first-order valence-corrected chi connectivity index (χ1v) is 9.18. The van der Waals surface area contributed by atoms with Crippen LogP contribution in [0, 0.1) is 26.3 Å². The fraction of sp³-hybridized carbons (Fsp3) is 0.280. The highest BCUT2D eigenvalue weighted by Crippen LogP contribution is 2.41. The van der Waals surface area contributed by atoms with Gasteiger partial charge in [-0.3, -0.25) is 0 Å². The molecule has 2 aromatic carbocycles. The summed E-state index contributed by atoms with van der Waals surface area (Å²) in [6.45, 7) is 10.4. The molecule has 0 spiro atoms. The molecule has 0 fully saturated rings. The monoisotopic (exact) mass is 375 g/mol. The van der Waals surface area contributed by atoms with Crippen LogP contribution in [0.3, 0.4) is 0 Å². The molecule has 0 radical (unpaired) electrons. The van der Waals surface area contributed by atoms with Crippen molar-refractivity contribution >= 4 is 27.6 Å². The lowest BCUT2D eigenvalue weighted by Gasteiger charge is -2.09. The van der Waals surface area contributed by atoms with E-state index in [1.54, 1.807) is 68.8 Å². The van der Waals surface area contributed by atoms with Crippen LogP contribution >= 0.6 is 0 Å². The molecule has 4 rings (SSSR count). The molecule has 0 bridgehead atoms. The third kappa shape index (κ3) is 2.86. The SMILES string of the molecule is [2H]c1c(C([2H])([2H])C(C)C)ccc(-c2c(C)cc(C([2H])([2H])[2H])c3c2oc2c([N+]#[C-])cccc23)[n+]1C. The van der Waals surface area contributed by atoms with E-state index in [1.807, 2.05) is 0 Å². The highest BCUT2D eigenvalue weighted by Gasteiger charge is 2.23. The predicted octanol–water partition coefficient (Wildman–Crippen LogP) is 6.44. The first kappa shape index (κ1) is 12.4. The van der Waals surface area contributed by atoms with Crippen LogP contribution in [0.4, 0.5) is 5.69 Å². The highest BCUT2D eigenvalue weighted by molar-refractivity contribution is 6.14. The summed E-state index contributed by atoms with van der Waals surface area (Å²) in [5, 5.41) is 0.978. The molecular formula is C25H25N2O+. The first-order chi connectivity index (χ1) is 15.8. The van der Waals surface area contributed by atoms with Gasteiger partial charge in [0, 0.05) is 29.3 Å². The van der Waals surface area contributed by atoms with Gasteiger partial charge in [0.2, 0.25) is 11.4 Å². The number of hydrogen-bond acceptors (Lipinski definition) is 1. The highest BCUT2D eigenvalue weighted by atomic mass is 16.3. The van der Waals surface area contributed by atoms with Crippen molar-refractivity contribution in [1.29, 1.82) is 0 Å². The Bertz CT molecular complexity index is 1490. The number of pyridine rings is 1. The molecule has 0 saturated carbocycles. The molecule has 0 N–H and O–H groups in total. The maximum Gasteiger partial charge on any atom is 0.229 e. The minimum absolute atomic E-state index is 0.0293. The number of furan rings is 1. The van der Waals surface area contributed by atoms with Gasteiger partial charge in [-0.2, -0.15) is 0 Å². The maximum atomic E-state index is 8.69. The van der Waals surface area contributed by atoms with Gasteiger partial charge in [-0.15, -0.1) is 0 Å². The van der Waals surface area contributed by atoms with Gasteiger partial charge in [0.25, 0.3) is 0 Å². The average Bonchev–Trinajstić information content (AvgIpc) is 3.13. The quantitative estimate of drug-likeness (QED) is 0.298. The van der Waals surface area contributed by atoms with Crippen molar-refractivity contribution < 1.29 is 17.2 Å². The molecule has 0 aliphatic rings. The van der Waals surface area contributed by atoms with Gasteiger partial charge in [0.15, 0.2) is 6.17 Å². The van der Waals surface area contributed by atoms with Crippen LogP contribution in [0.1, 0.15) is 38.8 Å². The Morgan fingerprint density at radius 3 is 2.79 bits per heavy atom. The Hall–Kier alpha value is -3.12. The fourth-order valence-corrected chi connectivity index (χ4v) is 3.69. The van der Waals surface area contributed by atoms with Crippen molar-refractivity contribution in [2.24, 2.45) is 13.0 Å². The summed E-state index contributed by atoms with van der Waals surface area (Å²) in [6.07, 6.45) is -1.66. The van der Waals surface area contributed by atoms with Gasteiger partial charge in [-0.05, 0) is 43.3 Å². The van der Waals surface area contributed by atoms with Gasteiger partial charge in [0.05, 0.1) is 12.1 Å². The van der Waals surface area contributed by atoms with E-state index in [-0.39, 0.29) is 23.2 Å². The molecule has 0 atom stereocenters. The Morgan fingerprint density at radius 2 is 2.07 bits per heavy atom. The maximum absolute atomic E-state index is 8.69. The smallest absolute Gasteiger partial charge is 0.229 e. The lowest BCUT2D eigenvalue weighted by Crippen LogP contribution is -2.31. The molecule has 2 heterocycles. The number of nitrogens with zero attached hydrogens (tertiary/aromatic N) is 2. The van der Waals surface area contributed by atoms with Gasteiger partial charge in [-0.1, -0.05) is 38.1 Å². The molecule has 2 aromatic heterocycles. The van der Waals surface area contributed by atoms with E-state index < -0.39 is 13.2 Å². The molecule has 3 nitrogen and oxygen atoms in total. The Balaban J connectivity index is 2.14. The van der Waals surface area contributed by atoms with Gasteiger partial charge >= 0.3 is 0 Å². The molecule has 140 valence electrons. The molecular weight excluding hydrogens is 344 g/mol. The summed E-state index contributed by atoms with van der Waals surface area (Å²) in [6, 6.07) is 10.1. The lowest BCUT2D eigenvalue weighted by atomic mass is 9.96. The lowest BCUT2D eigenvalue weighted by molar-refractivity contribution is -0.660. The number of aromatic nitrogens is 1. The van der Waals surface area contributed by atoms with Crippen molar-refractivity contribution in [1.82, 2.24) is 0 Å². The molecule has 28 heavy (non-hydrogen) atoms. The zero-order chi connectivity index (χ0) is 25.2. The van der Waals surface area contributed by atoms with Gasteiger partial charge < -0.3 is 4.42 Å². The van der Waals surface area contributed by atoms with E-state index in [1.165, 1.54) is 0 Å². The van der Waals surface area contributed by atoms with Crippen LogP contribution < -0.4 is 4.57 Å². The molecule has 0 amide bonds. The number of fused-ring (bicyclic) bond motifs is 3. The Labute approximate surface area is 174 Å². The second-order valence-electron chi connectivity index (χ2n) is 7.29. The van der Waals surface area contributed by atoms with E-state index in [0.29, 0.717) is 44.4 Å². The number of rotatable bonds is 3. The van der Waals surface area contributed by atoms with Crippen molar-refractivity contribution in [3.63, 3.8) is 0 Å². The molecule has 0 unspecified atom stereocenters. The summed E-state index contributed by atoms with van der Waals surface area (Å²) < 4.78 is 57.7.